The minimum Gasteiger partial charge on any atom is -0.272 e. The number of nitriles is 1. The molecule has 17 heavy (non-hydrogen) atoms. The molecule has 5 nitrogen and oxygen atoms in total. The lowest BCUT2D eigenvalue weighted by Gasteiger charge is -2.01. The first-order valence-electron chi connectivity index (χ1n) is 4.91. The van der Waals surface area contributed by atoms with Gasteiger partial charge in [0.1, 0.15) is 6.42 Å². The van der Waals surface area contributed by atoms with Gasteiger partial charge in [-0.25, -0.2) is 0 Å². The summed E-state index contributed by atoms with van der Waals surface area (Å²) in [6, 6.07) is 10.9. The highest BCUT2D eigenvalue weighted by atomic mass is 16.2. The van der Waals surface area contributed by atoms with Crippen molar-refractivity contribution in [1.29, 1.82) is 5.26 Å². The summed E-state index contributed by atoms with van der Waals surface area (Å²) >= 11 is 0. The van der Waals surface area contributed by atoms with Gasteiger partial charge in [-0.3, -0.25) is 20.4 Å². The van der Waals surface area contributed by atoms with Crippen molar-refractivity contribution in [3.63, 3.8) is 0 Å². The zero-order valence-electron chi connectivity index (χ0n) is 9.01. The van der Waals surface area contributed by atoms with E-state index in [0.717, 1.165) is 5.56 Å². The Morgan fingerprint density at radius 3 is 2.59 bits per heavy atom. The topological polar surface area (TPSA) is 82.0 Å². The van der Waals surface area contributed by atoms with Gasteiger partial charge in [0.15, 0.2) is 0 Å². The molecule has 0 heterocycles. The largest absolute Gasteiger partial charge is 0.272 e. The molecule has 2 amide bonds. The second-order valence-corrected chi connectivity index (χ2v) is 3.12. The third kappa shape index (κ3) is 5.14. The monoisotopic (exact) mass is 229 g/mol. The van der Waals surface area contributed by atoms with Crippen molar-refractivity contribution in [3.05, 3.63) is 42.0 Å². The van der Waals surface area contributed by atoms with E-state index >= 15 is 0 Å². The summed E-state index contributed by atoms with van der Waals surface area (Å²) in [5.41, 5.74) is 5.15. The molecule has 0 aromatic heterocycles. The van der Waals surface area contributed by atoms with Gasteiger partial charge in [-0.05, 0) is 11.6 Å². The van der Waals surface area contributed by atoms with Gasteiger partial charge in [0.05, 0.1) is 6.07 Å². The van der Waals surface area contributed by atoms with Crippen LogP contribution in [0.5, 0.6) is 0 Å². The molecule has 0 aliphatic carbocycles. The predicted octanol–water partition coefficient (Wildman–Crippen LogP) is 0.761. The maximum absolute atomic E-state index is 11.2. The lowest BCUT2D eigenvalue weighted by molar-refractivity contribution is -0.126. The number of carbonyl (C=O) groups excluding carboxylic acids is 2. The van der Waals surface area contributed by atoms with Crippen LogP contribution >= 0.6 is 0 Å². The molecular weight excluding hydrogens is 218 g/mol. The van der Waals surface area contributed by atoms with E-state index in [9.17, 15) is 9.59 Å². The van der Waals surface area contributed by atoms with Crippen molar-refractivity contribution in [2.75, 3.05) is 0 Å². The maximum atomic E-state index is 11.2. The number of hydrogen-bond acceptors (Lipinski definition) is 3. The van der Waals surface area contributed by atoms with Crippen LogP contribution in [0.3, 0.4) is 0 Å². The van der Waals surface area contributed by atoms with E-state index < -0.39 is 11.8 Å². The summed E-state index contributed by atoms with van der Waals surface area (Å²) in [6.07, 6.45) is 2.62. The van der Waals surface area contributed by atoms with E-state index in [4.69, 9.17) is 5.26 Å². The van der Waals surface area contributed by atoms with Gasteiger partial charge >= 0.3 is 0 Å². The molecule has 0 aliphatic rings. The average Bonchev–Trinajstić information content (AvgIpc) is 2.35. The standard InChI is InChI=1S/C12H11N3O2/c13-9-8-12(17)15-14-11(16)7-6-10-4-2-1-3-5-10/h1-7H,8H2,(H,14,16)(H,15,17)/b7-6+. The molecule has 0 atom stereocenters. The molecule has 0 bridgehead atoms. The second-order valence-electron chi connectivity index (χ2n) is 3.12. The number of carbonyl (C=O) groups is 2. The smallest absolute Gasteiger partial charge is 0.262 e. The Kier molecular flexibility index (Phi) is 4.98. The Balaban J connectivity index is 2.38. The number of hydrogen-bond donors (Lipinski definition) is 2. The van der Waals surface area contributed by atoms with Gasteiger partial charge in [0.25, 0.3) is 11.8 Å². The summed E-state index contributed by atoms with van der Waals surface area (Å²) in [7, 11) is 0. The van der Waals surface area contributed by atoms with Gasteiger partial charge in [0.2, 0.25) is 0 Å². The van der Waals surface area contributed by atoms with Crippen LogP contribution < -0.4 is 10.9 Å². The number of nitrogens with one attached hydrogen (secondary N) is 2. The molecule has 0 aliphatic heterocycles. The molecular formula is C12H11N3O2. The van der Waals surface area contributed by atoms with Crippen LogP contribution in [-0.4, -0.2) is 11.8 Å². The molecule has 0 fully saturated rings. The molecule has 0 saturated carbocycles. The van der Waals surface area contributed by atoms with Crippen LogP contribution in [0.1, 0.15) is 12.0 Å². The van der Waals surface area contributed by atoms with Crippen molar-refractivity contribution in [1.82, 2.24) is 10.9 Å². The Labute approximate surface area is 98.7 Å². The molecule has 0 saturated heterocycles. The van der Waals surface area contributed by atoms with Gasteiger partial charge in [-0.15, -0.1) is 0 Å². The van der Waals surface area contributed by atoms with Crippen molar-refractivity contribution < 1.29 is 9.59 Å². The van der Waals surface area contributed by atoms with E-state index in [1.165, 1.54) is 6.08 Å². The van der Waals surface area contributed by atoms with Gasteiger partial charge in [-0.1, -0.05) is 30.3 Å². The highest BCUT2D eigenvalue weighted by molar-refractivity contribution is 5.93. The van der Waals surface area contributed by atoms with Gasteiger partial charge in [-0.2, -0.15) is 5.26 Å². The first-order valence-corrected chi connectivity index (χ1v) is 4.91. The Morgan fingerprint density at radius 1 is 1.24 bits per heavy atom. The molecule has 1 aromatic rings. The zero-order chi connectivity index (χ0) is 12.5. The fraction of sp³-hybridized carbons (Fsp3) is 0.0833. The SMILES string of the molecule is N#CCC(=O)NNC(=O)/C=C/c1ccccc1. The van der Waals surface area contributed by atoms with E-state index in [0.29, 0.717) is 0 Å². The minimum absolute atomic E-state index is 0.289. The molecule has 86 valence electrons. The molecule has 1 aromatic carbocycles. The lowest BCUT2D eigenvalue weighted by Crippen LogP contribution is -2.40. The van der Waals surface area contributed by atoms with Crippen LogP contribution in [-0.2, 0) is 9.59 Å². The van der Waals surface area contributed by atoms with Crippen molar-refractivity contribution >= 4 is 17.9 Å². The first kappa shape index (κ1) is 12.5. The molecule has 0 radical (unpaired) electrons. The third-order valence-corrected chi connectivity index (χ3v) is 1.79. The quantitative estimate of drug-likeness (QED) is 0.593. The van der Waals surface area contributed by atoms with Crippen LogP contribution in [0.25, 0.3) is 6.08 Å². The highest BCUT2D eigenvalue weighted by Gasteiger charge is 2.00. The van der Waals surface area contributed by atoms with Crippen LogP contribution in [0.2, 0.25) is 0 Å². The van der Waals surface area contributed by atoms with Crippen molar-refractivity contribution in [2.24, 2.45) is 0 Å². The van der Waals surface area contributed by atoms with E-state index in [1.807, 2.05) is 30.3 Å². The molecule has 0 spiro atoms. The summed E-state index contributed by atoms with van der Waals surface area (Å²) in [6.45, 7) is 0. The van der Waals surface area contributed by atoms with Crippen LogP contribution in [0, 0.1) is 11.3 Å². The van der Waals surface area contributed by atoms with Crippen LogP contribution in [0.15, 0.2) is 36.4 Å². The van der Waals surface area contributed by atoms with E-state index in [-0.39, 0.29) is 6.42 Å². The summed E-state index contributed by atoms with van der Waals surface area (Å²) in [5.74, 6) is -1.01. The average molecular weight is 229 g/mol. The number of amides is 2. The Bertz CT molecular complexity index is 460. The normalized spacial score (nSPS) is 9.59. The Hall–Kier alpha value is -2.61. The lowest BCUT2D eigenvalue weighted by atomic mass is 10.2. The van der Waals surface area contributed by atoms with Gasteiger partial charge in [0, 0.05) is 6.08 Å². The fourth-order valence-electron chi connectivity index (χ4n) is 1.03. The third-order valence-electron chi connectivity index (χ3n) is 1.79. The van der Waals surface area contributed by atoms with E-state index in [1.54, 1.807) is 12.1 Å². The molecule has 2 N–H and O–H groups in total. The molecule has 1 rings (SSSR count). The summed E-state index contributed by atoms with van der Waals surface area (Å²) in [5, 5.41) is 8.22. The first-order chi connectivity index (χ1) is 8.22. The Morgan fingerprint density at radius 2 is 1.94 bits per heavy atom. The number of hydrazine groups is 1. The molecule has 5 heteroatoms. The molecule has 0 unspecified atom stereocenters. The number of rotatable bonds is 3. The number of nitrogens with zero attached hydrogens (tertiary/aromatic N) is 1. The number of benzene rings is 1. The summed E-state index contributed by atoms with van der Waals surface area (Å²) in [4.78, 5) is 22.1. The van der Waals surface area contributed by atoms with Crippen molar-refractivity contribution in [3.8, 4) is 6.07 Å². The zero-order valence-corrected chi connectivity index (χ0v) is 9.01. The van der Waals surface area contributed by atoms with E-state index in [2.05, 4.69) is 10.9 Å². The van der Waals surface area contributed by atoms with Crippen molar-refractivity contribution in [2.45, 2.75) is 6.42 Å². The summed E-state index contributed by atoms with van der Waals surface area (Å²) < 4.78 is 0. The van der Waals surface area contributed by atoms with Crippen LogP contribution in [0.4, 0.5) is 0 Å². The second kappa shape index (κ2) is 6.80. The fourth-order valence-corrected chi connectivity index (χ4v) is 1.03. The minimum atomic E-state index is -0.547. The van der Waals surface area contributed by atoms with Gasteiger partial charge < -0.3 is 0 Å². The highest BCUT2D eigenvalue weighted by Crippen LogP contribution is 2.00. The predicted molar refractivity (Wildman–Crippen MR) is 62.0 cm³/mol. The maximum Gasteiger partial charge on any atom is 0.262 e.